The molecule has 6 heteroatoms. The number of amides is 1. The molecule has 0 aromatic heterocycles. The fourth-order valence-electron chi connectivity index (χ4n) is 1.59. The number of nitrogens with one attached hydrogen (secondary N) is 1. The smallest absolute Gasteiger partial charge is 0.236 e. The lowest BCUT2D eigenvalue weighted by molar-refractivity contribution is -0.122. The summed E-state index contributed by atoms with van der Waals surface area (Å²) in [6.07, 6.45) is 2.93. The Morgan fingerprint density at radius 1 is 1.37 bits per heavy atom. The quantitative estimate of drug-likeness (QED) is 0.803. The minimum atomic E-state index is -0.613. The number of rotatable bonds is 7. The van der Waals surface area contributed by atoms with Crippen LogP contribution >= 0.6 is 11.8 Å². The molecule has 0 unspecified atom stereocenters. The van der Waals surface area contributed by atoms with E-state index in [0.717, 1.165) is 11.8 Å². The monoisotopic (exact) mass is 288 g/mol. The molecule has 0 saturated heterocycles. The van der Waals surface area contributed by atoms with E-state index in [1.165, 1.54) is 12.1 Å². The van der Waals surface area contributed by atoms with E-state index < -0.39 is 17.7 Å². The van der Waals surface area contributed by atoms with Gasteiger partial charge in [-0.05, 0) is 42.5 Å². The molecule has 0 aliphatic carbocycles. The molecule has 1 amide bonds. The van der Waals surface area contributed by atoms with Crippen LogP contribution in [0.1, 0.15) is 12.0 Å². The maximum absolute atomic E-state index is 12.9. The van der Waals surface area contributed by atoms with Crippen LogP contribution in [-0.4, -0.2) is 30.5 Å². The van der Waals surface area contributed by atoms with E-state index in [-0.39, 0.29) is 5.91 Å². The first-order valence-corrected chi connectivity index (χ1v) is 7.39. The molecule has 1 atom stereocenters. The summed E-state index contributed by atoms with van der Waals surface area (Å²) in [7, 11) is 0. The van der Waals surface area contributed by atoms with Crippen LogP contribution in [0.5, 0.6) is 0 Å². The number of hydrogen-bond acceptors (Lipinski definition) is 3. The molecule has 0 spiro atoms. The van der Waals surface area contributed by atoms with Gasteiger partial charge in [0.2, 0.25) is 5.91 Å². The average Bonchev–Trinajstić information content (AvgIpc) is 2.34. The largest absolute Gasteiger partial charge is 0.354 e. The molecule has 0 fully saturated rings. The first kappa shape index (κ1) is 15.9. The number of carbonyl (C=O) groups is 1. The zero-order valence-electron chi connectivity index (χ0n) is 10.8. The van der Waals surface area contributed by atoms with Gasteiger partial charge in [-0.15, -0.1) is 0 Å². The maximum Gasteiger partial charge on any atom is 0.236 e. The molecular weight excluding hydrogens is 270 g/mol. The maximum atomic E-state index is 12.9. The number of hydrogen-bond donors (Lipinski definition) is 2. The van der Waals surface area contributed by atoms with Crippen molar-refractivity contribution >= 4 is 17.7 Å². The first-order chi connectivity index (χ1) is 9.02. The van der Waals surface area contributed by atoms with Crippen molar-refractivity contribution in [3.05, 3.63) is 35.4 Å². The van der Waals surface area contributed by atoms with Crippen molar-refractivity contribution in [2.75, 3.05) is 18.6 Å². The second kappa shape index (κ2) is 8.12. The third kappa shape index (κ3) is 6.02. The fraction of sp³-hybridized carbons (Fsp3) is 0.462. The lowest BCUT2D eigenvalue weighted by Gasteiger charge is -2.11. The Hall–Kier alpha value is -1.14. The summed E-state index contributed by atoms with van der Waals surface area (Å²) in [6.45, 7) is 0.314. The van der Waals surface area contributed by atoms with Crippen LogP contribution in [0.3, 0.4) is 0 Å². The summed E-state index contributed by atoms with van der Waals surface area (Å²) in [5.74, 6) is -0.633. The molecule has 0 radical (unpaired) electrons. The predicted octanol–water partition coefficient (Wildman–Crippen LogP) is 1.70. The van der Waals surface area contributed by atoms with Gasteiger partial charge in [0.15, 0.2) is 0 Å². The fourth-order valence-corrected chi connectivity index (χ4v) is 2.08. The summed E-state index contributed by atoms with van der Waals surface area (Å²) >= 11 is 1.63. The molecule has 0 aliphatic heterocycles. The summed E-state index contributed by atoms with van der Waals surface area (Å²) in [6, 6.07) is 2.79. The van der Waals surface area contributed by atoms with E-state index in [0.29, 0.717) is 24.9 Å². The van der Waals surface area contributed by atoms with E-state index in [4.69, 9.17) is 5.73 Å². The topological polar surface area (TPSA) is 55.1 Å². The number of halogens is 2. The van der Waals surface area contributed by atoms with Crippen LogP contribution in [0, 0.1) is 11.6 Å². The standard InChI is InChI=1S/C13H18F2N2OS/c1-19-5-3-12(16)13(18)17-4-2-9-6-10(14)8-11(15)7-9/h6-8,12H,2-5,16H2,1H3,(H,17,18)/t12-/m1/s1. The van der Waals surface area contributed by atoms with E-state index in [1.54, 1.807) is 11.8 Å². The van der Waals surface area contributed by atoms with Crippen LogP contribution in [-0.2, 0) is 11.2 Å². The highest BCUT2D eigenvalue weighted by Crippen LogP contribution is 2.08. The number of benzene rings is 1. The molecule has 3 N–H and O–H groups in total. The van der Waals surface area contributed by atoms with Crippen molar-refractivity contribution in [1.82, 2.24) is 5.32 Å². The predicted molar refractivity (Wildman–Crippen MR) is 74.0 cm³/mol. The minimum absolute atomic E-state index is 0.231. The molecule has 1 aromatic carbocycles. The molecule has 0 heterocycles. The van der Waals surface area contributed by atoms with Gasteiger partial charge in [0.05, 0.1) is 6.04 Å². The van der Waals surface area contributed by atoms with Crippen molar-refractivity contribution in [2.24, 2.45) is 5.73 Å². The molecule has 0 aliphatic rings. The second-order valence-corrected chi connectivity index (χ2v) is 5.19. The lowest BCUT2D eigenvalue weighted by atomic mass is 10.1. The van der Waals surface area contributed by atoms with Crippen LogP contribution in [0.4, 0.5) is 8.78 Å². The van der Waals surface area contributed by atoms with Gasteiger partial charge in [-0.3, -0.25) is 4.79 Å². The zero-order valence-corrected chi connectivity index (χ0v) is 11.6. The van der Waals surface area contributed by atoms with Crippen molar-refractivity contribution in [2.45, 2.75) is 18.9 Å². The molecular formula is C13H18F2N2OS. The van der Waals surface area contributed by atoms with Crippen molar-refractivity contribution in [1.29, 1.82) is 0 Å². The van der Waals surface area contributed by atoms with Gasteiger partial charge in [-0.2, -0.15) is 11.8 Å². The van der Waals surface area contributed by atoms with Gasteiger partial charge in [-0.1, -0.05) is 0 Å². The summed E-state index contributed by atoms with van der Waals surface area (Å²) in [5, 5.41) is 2.66. The summed E-state index contributed by atoms with van der Waals surface area (Å²) in [5.41, 5.74) is 6.20. The number of nitrogens with two attached hydrogens (primary N) is 1. The Labute approximate surface area is 115 Å². The van der Waals surface area contributed by atoms with Gasteiger partial charge in [-0.25, -0.2) is 8.78 Å². The Kier molecular flexibility index (Phi) is 6.80. The van der Waals surface area contributed by atoms with Crippen molar-refractivity contribution in [3.63, 3.8) is 0 Å². The van der Waals surface area contributed by atoms with Crippen molar-refractivity contribution in [3.8, 4) is 0 Å². The first-order valence-electron chi connectivity index (χ1n) is 6.00. The highest BCUT2D eigenvalue weighted by molar-refractivity contribution is 7.98. The Morgan fingerprint density at radius 2 is 2.00 bits per heavy atom. The van der Waals surface area contributed by atoms with Gasteiger partial charge >= 0.3 is 0 Å². The van der Waals surface area contributed by atoms with E-state index in [9.17, 15) is 13.6 Å². The highest BCUT2D eigenvalue weighted by atomic mass is 32.2. The van der Waals surface area contributed by atoms with Crippen LogP contribution in [0.25, 0.3) is 0 Å². The van der Waals surface area contributed by atoms with E-state index in [2.05, 4.69) is 5.32 Å². The van der Waals surface area contributed by atoms with Gasteiger partial charge in [0.1, 0.15) is 11.6 Å². The van der Waals surface area contributed by atoms with Gasteiger partial charge < -0.3 is 11.1 Å². The molecule has 1 aromatic rings. The molecule has 3 nitrogen and oxygen atoms in total. The summed E-state index contributed by atoms with van der Waals surface area (Å²) in [4.78, 5) is 11.6. The average molecular weight is 288 g/mol. The SMILES string of the molecule is CSCC[C@@H](N)C(=O)NCCc1cc(F)cc(F)c1. The highest BCUT2D eigenvalue weighted by Gasteiger charge is 2.12. The van der Waals surface area contributed by atoms with E-state index in [1.807, 2.05) is 6.26 Å². The van der Waals surface area contributed by atoms with Gasteiger partial charge in [0, 0.05) is 12.6 Å². The van der Waals surface area contributed by atoms with Crippen LogP contribution < -0.4 is 11.1 Å². The zero-order chi connectivity index (χ0) is 14.3. The van der Waals surface area contributed by atoms with E-state index >= 15 is 0 Å². The van der Waals surface area contributed by atoms with Crippen LogP contribution in [0.15, 0.2) is 18.2 Å². The second-order valence-electron chi connectivity index (χ2n) is 4.21. The molecule has 106 valence electrons. The molecule has 0 saturated carbocycles. The molecule has 19 heavy (non-hydrogen) atoms. The minimum Gasteiger partial charge on any atom is -0.354 e. The third-order valence-corrected chi connectivity index (χ3v) is 3.25. The Balaban J connectivity index is 2.35. The number of thioether (sulfide) groups is 1. The van der Waals surface area contributed by atoms with Crippen LogP contribution in [0.2, 0.25) is 0 Å². The number of carbonyl (C=O) groups excluding carboxylic acids is 1. The molecule has 0 bridgehead atoms. The molecule has 1 rings (SSSR count). The van der Waals surface area contributed by atoms with Gasteiger partial charge in [0.25, 0.3) is 0 Å². The normalized spacial score (nSPS) is 12.2. The van der Waals surface area contributed by atoms with Crippen molar-refractivity contribution < 1.29 is 13.6 Å². The summed E-state index contributed by atoms with van der Waals surface area (Å²) < 4.78 is 25.9. The Morgan fingerprint density at radius 3 is 2.58 bits per heavy atom. The Bertz CT molecular complexity index is 409. The third-order valence-electron chi connectivity index (χ3n) is 2.60. The lowest BCUT2D eigenvalue weighted by Crippen LogP contribution is -2.41.